The summed E-state index contributed by atoms with van der Waals surface area (Å²) in [5.41, 5.74) is 4.55. The summed E-state index contributed by atoms with van der Waals surface area (Å²) in [6.07, 6.45) is 0.381. The Morgan fingerprint density at radius 2 is 2.04 bits per heavy atom. The Morgan fingerprint density at radius 3 is 2.78 bits per heavy atom. The van der Waals surface area contributed by atoms with E-state index in [1.54, 1.807) is 6.07 Å². The van der Waals surface area contributed by atoms with Crippen molar-refractivity contribution in [2.75, 3.05) is 25.5 Å². The fourth-order valence-corrected chi connectivity index (χ4v) is 4.77. The molecule has 0 amide bonds. The van der Waals surface area contributed by atoms with Gasteiger partial charge < -0.3 is 9.84 Å². The van der Waals surface area contributed by atoms with Crippen molar-refractivity contribution in [3.8, 4) is 0 Å². The number of aliphatic hydroxyl groups is 1. The molecule has 2 aromatic carbocycles. The molecule has 142 valence electrons. The highest BCUT2D eigenvalue weighted by molar-refractivity contribution is 6.18. The second kappa shape index (κ2) is 7.27. The zero-order valence-electron chi connectivity index (χ0n) is 15.5. The number of rotatable bonds is 5. The van der Waals surface area contributed by atoms with Gasteiger partial charge in [-0.3, -0.25) is 4.90 Å². The summed E-state index contributed by atoms with van der Waals surface area (Å²) < 4.78 is 5.12. The molecule has 2 aromatic rings. The maximum atomic E-state index is 11.7. The highest BCUT2D eigenvalue weighted by Crippen LogP contribution is 2.37. The number of fused-ring (bicyclic) bond motifs is 1. The number of cyclic esters (lactones) is 1. The SMILES string of the molecule is Cc1c([C@@H](O)CN2CCC(CCl)(c3ccccc3)C2)ccc2c1COC2=O. The number of halogens is 1. The van der Waals surface area contributed by atoms with Crippen molar-refractivity contribution in [2.45, 2.75) is 31.5 Å². The van der Waals surface area contributed by atoms with Crippen molar-refractivity contribution in [2.24, 2.45) is 0 Å². The molecule has 1 fully saturated rings. The molecule has 2 aliphatic rings. The molecular weight excluding hydrogens is 362 g/mol. The normalized spacial score (nSPS) is 23.3. The van der Waals surface area contributed by atoms with Crippen LogP contribution in [0.4, 0.5) is 0 Å². The Hall–Kier alpha value is -1.88. The van der Waals surface area contributed by atoms with Gasteiger partial charge in [-0.15, -0.1) is 11.6 Å². The number of nitrogens with zero attached hydrogens (tertiary/aromatic N) is 1. The van der Waals surface area contributed by atoms with Crippen LogP contribution in [0.1, 0.15) is 45.1 Å². The van der Waals surface area contributed by atoms with Crippen molar-refractivity contribution >= 4 is 17.6 Å². The monoisotopic (exact) mass is 385 g/mol. The molecule has 27 heavy (non-hydrogen) atoms. The number of alkyl halides is 1. The van der Waals surface area contributed by atoms with Gasteiger partial charge in [0.25, 0.3) is 0 Å². The van der Waals surface area contributed by atoms with Gasteiger partial charge in [0.1, 0.15) is 6.61 Å². The third-order valence-corrected chi connectivity index (χ3v) is 6.58. The van der Waals surface area contributed by atoms with Gasteiger partial charge in [-0.2, -0.15) is 0 Å². The van der Waals surface area contributed by atoms with Crippen molar-refractivity contribution in [1.29, 1.82) is 0 Å². The van der Waals surface area contributed by atoms with Gasteiger partial charge in [-0.05, 0) is 42.6 Å². The van der Waals surface area contributed by atoms with Crippen molar-refractivity contribution in [3.05, 3.63) is 70.3 Å². The van der Waals surface area contributed by atoms with E-state index in [9.17, 15) is 9.90 Å². The van der Waals surface area contributed by atoms with Crippen LogP contribution in [-0.4, -0.2) is 41.5 Å². The topological polar surface area (TPSA) is 49.8 Å². The molecule has 2 atom stereocenters. The van der Waals surface area contributed by atoms with E-state index >= 15 is 0 Å². The van der Waals surface area contributed by atoms with Crippen LogP contribution in [0.25, 0.3) is 0 Å². The standard InChI is InChI=1S/C22H24ClNO3/c1-15-17(7-8-18-19(15)12-27-21(18)26)20(25)11-24-10-9-22(13-23,14-24)16-5-3-2-4-6-16/h2-8,20,25H,9-14H2,1H3/t20-,22?/m0/s1. The number of benzene rings is 2. The van der Waals surface area contributed by atoms with Gasteiger partial charge in [0.05, 0.1) is 11.7 Å². The quantitative estimate of drug-likeness (QED) is 0.631. The molecule has 1 saturated heterocycles. The Morgan fingerprint density at radius 1 is 1.26 bits per heavy atom. The summed E-state index contributed by atoms with van der Waals surface area (Å²) in [7, 11) is 0. The summed E-state index contributed by atoms with van der Waals surface area (Å²) in [5.74, 6) is 0.296. The molecule has 1 unspecified atom stereocenters. The third kappa shape index (κ3) is 3.27. The molecule has 0 radical (unpaired) electrons. The molecule has 0 saturated carbocycles. The summed E-state index contributed by atoms with van der Waals surface area (Å²) >= 11 is 6.39. The number of hydrogen-bond acceptors (Lipinski definition) is 4. The van der Waals surface area contributed by atoms with E-state index in [1.165, 1.54) is 5.56 Å². The number of carbonyl (C=O) groups excluding carboxylic acids is 1. The number of carbonyl (C=O) groups is 1. The minimum Gasteiger partial charge on any atom is -0.457 e. The summed E-state index contributed by atoms with van der Waals surface area (Å²) in [4.78, 5) is 14.0. The molecule has 0 spiro atoms. The van der Waals surface area contributed by atoms with E-state index in [4.69, 9.17) is 16.3 Å². The smallest absolute Gasteiger partial charge is 0.338 e. The van der Waals surface area contributed by atoms with E-state index in [-0.39, 0.29) is 11.4 Å². The minimum atomic E-state index is -0.604. The largest absolute Gasteiger partial charge is 0.457 e. The third-order valence-electron chi connectivity index (χ3n) is 6.07. The van der Waals surface area contributed by atoms with Crippen LogP contribution >= 0.6 is 11.6 Å². The zero-order valence-corrected chi connectivity index (χ0v) is 16.2. The van der Waals surface area contributed by atoms with E-state index in [0.717, 1.165) is 36.2 Å². The first-order valence-electron chi connectivity index (χ1n) is 9.35. The van der Waals surface area contributed by atoms with Crippen molar-refractivity contribution in [1.82, 2.24) is 4.90 Å². The minimum absolute atomic E-state index is 0.0597. The first-order chi connectivity index (χ1) is 13.0. The van der Waals surface area contributed by atoms with Crippen LogP contribution < -0.4 is 0 Å². The predicted octanol–water partition coefficient (Wildman–Crippen LogP) is 3.58. The van der Waals surface area contributed by atoms with Gasteiger partial charge in [0, 0.05) is 29.9 Å². The van der Waals surface area contributed by atoms with Crippen LogP contribution in [0, 0.1) is 6.92 Å². The number of likely N-dealkylation sites (tertiary alicyclic amines) is 1. The van der Waals surface area contributed by atoms with E-state index in [1.807, 2.05) is 19.1 Å². The second-order valence-corrected chi connectivity index (χ2v) is 7.93. The number of β-amino-alcohol motifs (C(OH)–C–C–N with tert-alkyl or cyclic N) is 1. The molecule has 1 N–H and O–H groups in total. The fraction of sp³-hybridized carbons (Fsp3) is 0.409. The van der Waals surface area contributed by atoms with Gasteiger partial charge >= 0.3 is 5.97 Å². The highest BCUT2D eigenvalue weighted by atomic mass is 35.5. The molecule has 4 rings (SSSR count). The lowest BCUT2D eigenvalue weighted by molar-refractivity contribution is 0.0535. The van der Waals surface area contributed by atoms with Crippen molar-refractivity contribution < 1.29 is 14.6 Å². The maximum Gasteiger partial charge on any atom is 0.338 e. The lowest BCUT2D eigenvalue weighted by Gasteiger charge is -2.28. The molecule has 0 bridgehead atoms. The lowest BCUT2D eigenvalue weighted by atomic mass is 9.81. The van der Waals surface area contributed by atoms with E-state index in [0.29, 0.717) is 24.6 Å². The summed E-state index contributed by atoms with van der Waals surface area (Å²) in [6, 6.07) is 14.0. The first-order valence-corrected chi connectivity index (χ1v) is 9.89. The first kappa shape index (κ1) is 18.5. The number of ether oxygens (including phenoxy) is 1. The number of hydrogen-bond donors (Lipinski definition) is 1. The second-order valence-electron chi connectivity index (χ2n) is 7.66. The molecule has 5 heteroatoms. The molecule has 2 aliphatic heterocycles. The zero-order chi connectivity index (χ0) is 19.0. The Bertz CT molecular complexity index is 854. The molecule has 0 aromatic heterocycles. The maximum absolute atomic E-state index is 11.7. The average Bonchev–Trinajstić information content (AvgIpc) is 3.28. The van der Waals surface area contributed by atoms with Gasteiger partial charge in [-0.1, -0.05) is 36.4 Å². The Balaban J connectivity index is 1.50. The van der Waals surface area contributed by atoms with E-state index in [2.05, 4.69) is 29.2 Å². The molecular formula is C22H24ClNO3. The summed E-state index contributed by atoms with van der Waals surface area (Å²) in [6.45, 7) is 4.55. The van der Waals surface area contributed by atoms with Crippen LogP contribution in [0.3, 0.4) is 0 Å². The van der Waals surface area contributed by atoms with Crippen LogP contribution in [0.15, 0.2) is 42.5 Å². The lowest BCUT2D eigenvalue weighted by Crippen LogP contribution is -2.34. The van der Waals surface area contributed by atoms with Crippen molar-refractivity contribution in [3.63, 3.8) is 0 Å². The molecule has 4 nitrogen and oxygen atoms in total. The fourth-order valence-electron chi connectivity index (χ4n) is 4.40. The summed E-state index contributed by atoms with van der Waals surface area (Å²) in [5, 5.41) is 10.9. The van der Waals surface area contributed by atoms with Gasteiger partial charge in [-0.25, -0.2) is 4.79 Å². The Labute approximate surface area is 164 Å². The molecule has 0 aliphatic carbocycles. The van der Waals surface area contributed by atoms with Gasteiger partial charge in [0.15, 0.2) is 0 Å². The van der Waals surface area contributed by atoms with Crippen LogP contribution in [0.5, 0.6) is 0 Å². The number of esters is 1. The van der Waals surface area contributed by atoms with Gasteiger partial charge in [0.2, 0.25) is 0 Å². The van der Waals surface area contributed by atoms with E-state index < -0.39 is 6.10 Å². The highest BCUT2D eigenvalue weighted by Gasteiger charge is 2.39. The average molecular weight is 386 g/mol. The van der Waals surface area contributed by atoms with Crippen LogP contribution in [0.2, 0.25) is 0 Å². The molecule has 2 heterocycles. The number of aliphatic hydroxyl groups excluding tert-OH is 1. The van der Waals surface area contributed by atoms with Crippen LogP contribution in [-0.2, 0) is 16.8 Å². The Kier molecular flexibility index (Phi) is 4.97. The predicted molar refractivity (Wildman–Crippen MR) is 105 cm³/mol.